The molecule has 4 rings (SSSR count). The topological polar surface area (TPSA) is 110 Å². The van der Waals surface area contributed by atoms with Crippen molar-refractivity contribution in [1.29, 1.82) is 0 Å². The summed E-state index contributed by atoms with van der Waals surface area (Å²) in [6.45, 7) is 0.934. The van der Waals surface area contributed by atoms with E-state index in [2.05, 4.69) is 20.6 Å². The Kier molecular flexibility index (Phi) is 7.25. The summed E-state index contributed by atoms with van der Waals surface area (Å²) >= 11 is 0. The number of carbonyl (C=O) groups excluding carboxylic acids is 2. The first-order valence-electron chi connectivity index (χ1n) is 10.9. The molecule has 0 radical (unpaired) electrons. The van der Waals surface area contributed by atoms with Crippen molar-refractivity contribution in [2.24, 2.45) is 5.73 Å². The fourth-order valence-corrected chi connectivity index (χ4v) is 3.49. The van der Waals surface area contributed by atoms with E-state index in [1.807, 2.05) is 66.7 Å². The van der Waals surface area contributed by atoms with Crippen molar-refractivity contribution in [1.82, 2.24) is 15.3 Å². The lowest BCUT2D eigenvalue weighted by molar-refractivity contribution is 0.0949. The van der Waals surface area contributed by atoms with E-state index in [-0.39, 0.29) is 5.91 Å². The van der Waals surface area contributed by atoms with Crippen LogP contribution in [0.3, 0.4) is 0 Å². The van der Waals surface area contributed by atoms with Gasteiger partial charge in [-0.05, 0) is 41.5 Å². The maximum absolute atomic E-state index is 12.4. The number of benzene rings is 2. The van der Waals surface area contributed by atoms with Crippen molar-refractivity contribution in [2.75, 3.05) is 5.32 Å². The van der Waals surface area contributed by atoms with Crippen molar-refractivity contribution in [2.45, 2.75) is 19.5 Å². The quantitative estimate of drug-likeness (QED) is 0.359. The second-order valence-electron chi connectivity index (χ2n) is 7.80. The van der Waals surface area contributed by atoms with Gasteiger partial charge in [-0.15, -0.1) is 0 Å². The predicted molar refractivity (Wildman–Crippen MR) is 131 cm³/mol. The molecular formula is C27H25N5O2. The number of amides is 2. The summed E-state index contributed by atoms with van der Waals surface area (Å²) < 4.78 is 0. The summed E-state index contributed by atoms with van der Waals surface area (Å²) in [5.41, 5.74) is 10.8. The Morgan fingerprint density at radius 2 is 1.56 bits per heavy atom. The van der Waals surface area contributed by atoms with Crippen LogP contribution in [0.1, 0.15) is 43.2 Å². The van der Waals surface area contributed by atoms with E-state index in [0.717, 1.165) is 22.5 Å². The molecule has 2 aromatic carbocycles. The lowest BCUT2D eigenvalue weighted by atomic mass is 10.0. The molecule has 2 heterocycles. The van der Waals surface area contributed by atoms with E-state index in [1.165, 1.54) is 6.20 Å². The molecule has 4 aromatic rings. The van der Waals surface area contributed by atoms with Gasteiger partial charge < -0.3 is 16.4 Å². The Hall–Kier alpha value is -4.52. The van der Waals surface area contributed by atoms with Gasteiger partial charge in [-0.1, -0.05) is 48.5 Å². The number of nitrogens with one attached hydrogen (secondary N) is 2. The van der Waals surface area contributed by atoms with E-state index in [0.29, 0.717) is 36.3 Å². The summed E-state index contributed by atoms with van der Waals surface area (Å²) in [5, 5.41) is 6.16. The number of pyridine rings is 2. The van der Waals surface area contributed by atoms with E-state index in [1.54, 1.807) is 18.3 Å². The number of carbonyl (C=O) groups is 2. The zero-order valence-electron chi connectivity index (χ0n) is 18.6. The molecule has 2 amide bonds. The minimum absolute atomic E-state index is 0.159. The molecule has 4 N–H and O–H groups in total. The van der Waals surface area contributed by atoms with Gasteiger partial charge in [0.1, 0.15) is 0 Å². The molecule has 7 nitrogen and oxygen atoms in total. The zero-order chi connectivity index (χ0) is 23.8. The van der Waals surface area contributed by atoms with E-state index < -0.39 is 5.91 Å². The monoisotopic (exact) mass is 451 g/mol. The number of nitrogens with zero attached hydrogens (tertiary/aromatic N) is 2. The van der Waals surface area contributed by atoms with E-state index in [9.17, 15) is 9.59 Å². The maximum Gasteiger partial charge on any atom is 0.252 e. The summed E-state index contributed by atoms with van der Waals surface area (Å²) in [6, 6.07) is 24.7. The molecule has 170 valence electrons. The van der Waals surface area contributed by atoms with Crippen molar-refractivity contribution in [3.05, 3.63) is 125 Å². The molecule has 0 aliphatic carbocycles. The highest BCUT2D eigenvalue weighted by Gasteiger charge is 2.11. The predicted octanol–water partition coefficient (Wildman–Crippen LogP) is 3.71. The number of aromatic nitrogens is 2. The number of hydrogen-bond donors (Lipinski definition) is 3. The first-order chi connectivity index (χ1) is 16.6. The summed E-state index contributed by atoms with van der Waals surface area (Å²) in [6.07, 6.45) is 3.75. The van der Waals surface area contributed by atoms with Gasteiger partial charge in [0.05, 0.1) is 23.5 Å². The molecule has 0 aliphatic rings. The zero-order valence-corrected chi connectivity index (χ0v) is 18.6. The van der Waals surface area contributed by atoms with Gasteiger partial charge >= 0.3 is 0 Å². The first-order valence-corrected chi connectivity index (χ1v) is 10.9. The second kappa shape index (κ2) is 10.9. The lowest BCUT2D eigenvalue weighted by Gasteiger charge is -2.12. The molecule has 0 unspecified atom stereocenters. The molecule has 34 heavy (non-hydrogen) atoms. The Labute approximate surface area is 198 Å². The van der Waals surface area contributed by atoms with Crippen LogP contribution in [-0.4, -0.2) is 21.8 Å². The highest BCUT2D eigenvalue weighted by atomic mass is 16.2. The smallest absolute Gasteiger partial charge is 0.252 e. The normalized spacial score (nSPS) is 10.5. The van der Waals surface area contributed by atoms with Crippen LogP contribution in [0.25, 0.3) is 0 Å². The molecule has 0 spiro atoms. The number of nitrogens with two attached hydrogens (primary N) is 1. The third kappa shape index (κ3) is 6.04. The third-order valence-electron chi connectivity index (χ3n) is 5.31. The Morgan fingerprint density at radius 3 is 2.26 bits per heavy atom. The SMILES string of the molecule is NC(=O)c1cnc(Cc2ccc(C(=O)NCc3ccccn3)cc2)cc1NCc1ccccc1. The lowest BCUT2D eigenvalue weighted by Crippen LogP contribution is -2.23. The average molecular weight is 452 g/mol. The fraction of sp³-hybridized carbons (Fsp3) is 0.111. The van der Waals surface area contributed by atoms with Gasteiger partial charge in [-0.2, -0.15) is 0 Å². The first kappa shape index (κ1) is 22.7. The standard InChI is InChI=1S/C27H25N5O2/c28-26(33)24-18-30-23(15-25(24)31-16-20-6-2-1-3-7-20)14-19-9-11-21(12-10-19)27(34)32-17-22-8-4-5-13-29-22/h1-13,15,18H,14,16-17H2,(H2,28,33)(H,30,31)(H,32,34). The van der Waals surface area contributed by atoms with Crippen LogP contribution in [0.15, 0.2) is 91.3 Å². The molecule has 7 heteroatoms. The maximum atomic E-state index is 12.4. The Balaban J connectivity index is 1.41. The van der Waals surface area contributed by atoms with Crippen LogP contribution in [-0.2, 0) is 19.5 Å². The fourth-order valence-electron chi connectivity index (χ4n) is 3.49. The van der Waals surface area contributed by atoms with Crippen molar-refractivity contribution in [3.63, 3.8) is 0 Å². The molecule has 0 aliphatic heterocycles. The van der Waals surface area contributed by atoms with Gasteiger partial charge in [0.15, 0.2) is 0 Å². The molecule has 0 saturated heterocycles. The number of anilines is 1. The summed E-state index contributed by atoms with van der Waals surface area (Å²) in [4.78, 5) is 32.9. The van der Waals surface area contributed by atoms with Crippen molar-refractivity contribution in [3.8, 4) is 0 Å². The second-order valence-corrected chi connectivity index (χ2v) is 7.80. The van der Waals surface area contributed by atoms with Crippen molar-refractivity contribution >= 4 is 17.5 Å². The van der Waals surface area contributed by atoms with E-state index >= 15 is 0 Å². The highest BCUT2D eigenvalue weighted by molar-refractivity contribution is 5.98. The molecule has 0 atom stereocenters. The molecule has 0 fully saturated rings. The van der Waals surface area contributed by atoms with Gasteiger partial charge in [0.2, 0.25) is 0 Å². The minimum Gasteiger partial charge on any atom is -0.380 e. The number of rotatable bonds is 9. The Bertz CT molecular complexity index is 1260. The number of primary amides is 1. The van der Waals surface area contributed by atoms with Crippen molar-refractivity contribution < 1.29 is 9.59 Å². The van der Waals surface area contributed by atoms with Crippen LogP contribution in [0.5, 0.6) is 0 Å². The average Bonchev–Trinajstić information content (AvgIpc) is 2.87. The molecule has 2 aromatic heterocycles. The van der Waals surface area contributed by atoms with Crippen LogP contribution < -0.4 is 16.4 Å². The Morgan fingerprint density at radius 1 is 0.794 bits per heavy atom. The van der Waals surface area contributed by atoms with Crippen LogP contribution in [0.2, 0.25) is 0 Å². The van der Waals surface area contributed by atoms with Gasteiger partial charge in [-0.25, -0.2) is 0 Å². The molecular weight excluding hydrogens is 426 g/mol. The van der Waals surface area contributed by atoms with Gasteiger partial charge in [0, 0.05) is 36.6 Å². The third-order valence-corrected chi connectivity index (χ3v) is 5.31. The molecule has 0 bridgehead atoms. The highest BCUT2D eigenvalue weighted by Crippen LogP contribution is 2.19. The van der Waals surface area contributed by atoms with Gasteiger partial charge in [0.25, 0.3) is 11.8 Å². The summed E-state index contributed by atoms with van der Waals surface area (Å²) in [5.74, 6) is -0.691. The minimum atomic E-state index is -0.532. The van der Waals surface area contributed by atoms with Crippen LogP contribution >= 0.6 is 0 Å². The summed E-state index contributed by atoms with van der Waals surface area (Å²) in [7, 11) is 0. The van der Waals surface area contributed by atoms with Crippen LogP contribution in [0.4, 0.5) is 5.69 Å². The number of hydrogen-bond acceptors (Lipinski definition) is 5. The van der Waals surface area contributed by atoms with Gasteiger partial charge in [-0.3, -0.25) is 19.6 Å². The van der Waals surface area contributed by atoms with Crippen LogP contribution in [0, 0.1) is 0 Å². The largest absolute Gasteiger partial charge is 0.380 e. The molecule has 0 saturated carbocycles. The van der Waals surface area contributed by atoms with E-state index in [4.69, 9.17) is 5.73 Å².